The normalized spacial score (nSPS) is 10.1. The van der Waals surface area contributed by atoms with Crippen molar-refractivity contribution in [3.05, 3.63) is 40.5 Å². The van der Waals surface area contributed by atoms with Gasteiger partial charge in [0.05, 0.1) is 5.52 Å². The van der Waals surface area contributed by atoms with Crippen molar-refractivity contribution in [3.63, 3.8) is 0 Å². The molecule has 0 unspecified atom stereocenters. The first kappa shape index (κ1) is 8.98. The van der Waals surface area contributed by atoms with Gasteiger partial charge >= 0.3 is 0 Å². The summed E-state index contributed by atoms with van der Waals surface area (Å²) in [7, 11) is 0. The van der Waals surface area contributed by atoms with Gasteiger partial charge in [0.15, 0.2) is 0 Å². The lowest BCUT2D eigenvalue weighted by Gasteiger charge is -2.02. The Balaban J connectivity index is 2.84. The van der Waals surface area contributed by atoms with Gasteiger partial charge in [-0.25, -0.2) is 4.98 Å². The van der Waals surface area contributed by atoms with Gasteiger partial charge in [0.2, 0.25) is 0 Å². The summed E-state index contributed by atoms with van der Waals surface area (Å²) >= 11 is 5.87. The quantitative estimate of drug-likeness (QED) is 0.658. The van der Waals surface area contributed by atoms with E-state index in [0.29, 0.717) is 10.7 Å². The Morgan fingerprint density at radius 1 is 1.36 bits per heavy atom. The molecule has 2 rings (SSSR count). The van der Waals surface area contributed by atoms with E-state index >= 15 is 0 Å². The molecule has 1 aromatic carbocycles. The molecule has 0 amide bonds. The van der Waals surface area contributed by atoms with Crippen molar-refractivity contribution in [2.75, 3.05) is 0 Å². The zero-order valence-electron chi connectivity index (χ0n) is 7.58. The molecule has 2 aromatic rings. The lowest BCUT2D eigenvalue weighted by Crippen LogP contribution is -1.87. The molecule has 0 atom stereocenters. The molecule has 3 heteroatoms. The van der Waals surface area contributed by atoms with Crippen LogP contribution in [0.5, 0.6) is 0 Å². The topological polar surface area (TPSA) is 36.7 Å². The zero-order chi connectivity index (χ0) is 10.1. The van der Waals surface area contributed by atoms with Gasteiger partial charge in [0.25, 0.3) is 0 Å². The predicted octanol–water partition coefficient (Wildman–Crippen LogP) is 3.07. The molecule has 1 aromatic heterocycles. The average Bonchev–Trinajstić information content (AvgIpc) is 2.19. The lowest BCUT2D eigenvalue weighted by molar-refractivity contribution is 1.30. The second kappa shape index (κ2) is 3.28. The fourth-order valence-electron chi connectivity index (χ4n) is 1.42. The van der Waals surface area contributed by atoms with E-state index in [1.807, 2.05) is 25.1 Å². The van der Waals surface area contributed by atoms with Crippen LogP contribution in [0.15, 0.2) is 24.3 Å². The van der Waals surface area contributed by atoms with E-state index in [9.17, 15) is 0 Å². The van der Waals surface area contributed by atoms with Crippen molar-refractivity contribution in [3.8, 4) is 6.07 Å². The molecular weight excluding hydrogens is 196 g/mol. The van der Waals surface area contributed by atoms with Gasteiger partial charge in [0, 0.05) is 10.4 Å². The molecule has 0 saturated carbocycles. The minimum atomic E-state index is 0.442. The molecule has 0 saturated heterocycles. The third-order valence-electron chi connectivity index (χ3n) is 2.09. The number of fused-ring (bicyclic) bond motifs is 1. The minimum Gasteiger partial charge on any atom is -0.237 e. The average molecular weight is 203 g/mol. The molecule has 14 heavy (non-hydrogen) atoms. The van der Waals surface area contributed by atoms with E-state index in [2.05, 4.69) is 4.98 Å². The van der Waals surface area contributed by atoms with Crippen molar-refractivity contribution >= 4 is 22.5 Å². The molecule has 1 heterocycles. The fraction of sp³-hybridized carbons (Fsp3) is 0.0909. The van der Waals surface area contributed by atoms with Gasteiger partial charge in [-0.05, 0) is 36.8 Å². The number of benzene rings is 1. The van der Waals surface area contributed by atoms with Crippen LogP contribution in [0.3, 0.4) is 0 Å². The maximum Gasteiger partial charge on any atom is 0.141 e. The first-order valence-electron chi connectivity index (χ1n) is 4.18. The first-order chi connectivity index (χ1) is 6.70. The molecule has 0 aliphatic carbocycles. The highest BCUT2D eigenvalue weighted by Gasteiger charge is 2.02. The molecule has 0 spiro atoms. The highest BCUT2D eigenvalue weighted by Crippen LogP contribution is 2.21. The number of aromatic nitrogens is 1. The van der Waals surface area contributed by atoms with Crippen molar-refractivity contribution < 1.29 is 0 Å². The summed E-state index contributed by atoms with van der Waals surface area (Å²) in [5, 5.41) is 10.4. The van der Waals surface area contributed by atoms with Gasteiger partial charge in [-0.1, -0.05) is 11.6 Å². The van der Waals surface area contributed by atoms with Crippen LogP contribution >= 0.6 is 11.6 Å². The summed E-state index contributed by atoms with van der Waals surface area (Å²) in [4.78, 5) is 4.18. The summed E-state index contributed by atoms with van der Waals surface area (Å²) in [5.74, 6) is 0. The van der Waals surface area contributed by atoms with E-state index in [1.54, 1.807) is 12.1 Å². The van der Waals surface area contributed by atoms with Gasteiger partial charge in [-0.2, -0.15) is 5.26 Å². The Labute approximate surface area is 86.8 Å². The SMILES string of the molecule is Cc1cc(C#N)nc2ccc(Cl)cc12. The van der Waals surface area contributed by atoms with Crippen LogP contribution in [-0.4, -0.2) is 4.98 Å². The van der Waals surface area contributed by atoms with E-state index in [-0.39, 0.29) is 0 Å². The number of nitriles is 1. The van der Waals surface area contributed by atoms with Crippen molar-refractivity contribution in [1.82, 2.24) is 4.98 Å². The Morgan fingerprint density at radius 3 is 2.86 bits per heavy atom. The number of nitrogens with zero attached hydrogens (tertiary/aromatic N) is 2. The Morgan fingerprint density at radius 2 is 2.14 bits per heavy atom. The van der Waals surface area contributed by atoms with Crippen molar-refractivity contribution in [1.29, 1.82) is 5.26 Å². The Kier molecular flexibility index (Phi) is 2.11. The van der Waals surface area contributed by atoms with Crippen LogP contribution in [0.25, 0.3) is 10.9 Å². The monoisotopic (exact) mass is 202 g/mol. The first-order valence-corrected chi connectivity index (χ1v) is 4.55. The van der Waals surface area contributed by atoms with E-state index < -0.39 is 0 Å². The van der Waals surface area contributed by atoms with E-state index in [0.717, 1.165) is 16.5 Å². The predicted molar refractivity (Wildman–Crippen MR) is 56.2 cm³/mol. The van der Waals surface area contributed by atoms with Crippen molar-refractivity contribution in [2.24, 2.45) is 0 Å². The third kappa shape index (κ3) is 1.43. The number of hydrogen-bond acceptors (Lipinski definition) is 2. The highest BCUT2D eigenvalue weighted by atomic mass is 35.5. The number of pyridine rings is 1. The minimum absolute atomic E-state index is 0.442. The molecule has 0 fully saturated rings. The van der Waals surface area contributed by atoms with Gasteiger partial charge in [0.1, 0.15) is 11.8 Å². The molecule has 68 valence electrons. The smallest absolute Gasteiger partial charge is 0.141 e. The van der Waals surface area contributed by atoms with E-state index in [1.165, 1.54) is 0 Å². The molecule has 0 radical (unpaired) electrons. The number of hydrogen-bond donors (Lipinski definition) is 0. The van der Waals surface area contributed by atoms with Crippen LogP contribution in [0.2, 0.25) is 5.02 Å². The lowest BCUT2D eigenvalue weighted by atomic mass is 10.1. The molecule has 0 aliphatic heterocycles. The molecule has 2 nitrogen and oxygen atoms in total. The van der Waals surface area contributed by atoms with Gasteiger partial charge < -0.3 is 0 Å². The van der Waals surface area contributed by atoms with Crippen LogP contribution < -0.4 is 0 Å². The maximum absolute atomic E-state index is 8.74. The summed E-state index contributed by atoms with van der Waals surface area (Å²) < 4.78 is 0. The van der Waals surface area contributed by atoms with Gasteiger partial charge in [-0.15, -0.1) is 0 Å². The summed E-state index contributed by atoms with van der Waals surface area (Å²) in [6, 6.07) is 9.25. The largest absolute Gasteiger partial charge is 0.237 e. The summed E-state index contributed by atoms with van der Waals surface area (Å²) in [6.45, 7) is 1.95. The highest BCUT2D eigenvalue weighted by molar-refractivity contribution is 6.31. The fourth-order valence-corrected chi connectivity index (χ4v) is 1.60. The van der Waals surface area contributed by atoms with Crippen LogP contribution in [0.4, 0.5) is 0 Å². The van der Waals surface area contributed by atoms with Gasteiger partial charge in [-0.3, -0.25) is 0 Å². The number of aryl methyl sites for hydroxylation is 1. The molecule has 0 N–H and O–H groups in total. The van der Waals surface area contributed by atoms with E-state index in [4.69, 9.17) is 16.9 Å². The Bertz CT molecular complexity index is 541. The standard InChI is InChI=1S/C11H7ClN2/c1-7-4-9(6-13)14-11-3-2-8(12)5-10(7)11/h2-5H,1H3. The third-order valence-corrected chi connectivity index (χ3v) is 2.33. The maximum atomic E-state index is 8.74. The molecule has 0 bridgehead atoms. The van der Waals surface area contributed by atoms with Crippen LogP contribution in [-0.2, 0) is 0 Å². The summed E-state index contributed by atoms with van der Waals surface area (Å²) in [5.41, 5.74) is 2.28. The van der Waals surface area contributed by atoms with Crippen molar-refractivity contribution in [2.45, 2.75) is 6.92 Å². The second-order valence-corrected chi connectivity index (χ2v) is 3.53. The zero-order valence-corrected chi connectivity index (χ0v) is 8.34. The second-order valence-electron chi connectivity index (χ2n) is 3.10. The molecular formula is C11H7ClN2. The van der Waals surface area contributed by atoms with Crippen LogP contribution in [0, 0.1) is 18.3 Å². The molecule has 0 aliphatic rings. The number of halogens is 1. The Hall–Kier alpha value is -1.59. The van der Waals surface area contributed by atoms with Crippen LogP contribution in [0.1, 0.15) is 11.3 Å². The summed E-state index contributed by atoms with van der Waals surface area (Å²) in [6.07, 6.45) is 0. The number of rotatable bonds is 0.